The summed E-state index contributed by atoms with van der Waals surface area (Å²) in [6, 6.07) is 3.51. The number of piperidine rings is 1. The van der Waals surface area contributed by atoms with Gasteiger partial charge in [-0.25, -0.2) is 4.98 Å². The molecular weight excluding hydrogens is 216 g/mol. The molecule has 1 N–H and O–H groups in total. The summed E-state index contributed by atoms with van der Waals surface area (Å²) in [6.45, 7) is 5.08. The van der Waals surface area contributed by atoms with Gasteiger partial charge in [0.15, 0.2) is 5.78 Å². The van der Waals surface area contributed by atoms with E-state index in [1.807, 2.05) is 4.90 Å². The van der Waals surface area contributed by atoms with Gasteiger partial charge >= 0.3 is 0 Å². The van der Waals surface area contributed by atoms with Crippen LogP contribution in [0.2, 0.25) is 0 Å². The first-order valence-electron chi connectivity index (χ1n) is 5.98. The van der Waals surface area contributed by atoms with Gasteiger partial charge in [0, 0.05) is 24.8 Å². The SMILES string of the molecule is CC(=O)c1ccnc(N2CCC(C)C(O)C2)c1. The number of pyridine rings is 1. The molecule has 1 saturated heterocycles. The molecule has 2 rings (SSSR count). The summed E-state index contributed by atoms with van der Waals surface area (Å²) in [5, 5.41) is 9.85. The Kier molecular flexibility index (Phi) is 3.43. The predicted molar refractivity (Wildman–Crippen MR) is 66.2 cm³/mol. The Morgan fingerprint density at radius 2 is 2.35 bits per heavy atom. The van der Waals surface area contributed by atoms with Crippen LogP contribution in [-0.4, -0.2) is 35.1 Å². The molecule has 0 aromatic carbocycles. The fourth-order valence-electron chi connectivity index (χ4n) is 2.07. The lowest BCUT2D eigenvalue weighted by atomic mass is 9.96. The molecule has 4 nitrogen and oxygen atoms in total. The van der Waals surface area contributed by atoms with Crippen LogP contribution in [0, 0.1) is 5.92 Å². The number of Topliss-reactive ketones (excluding diaryl/α,β-unsaturated/α-hetero) is 1. The third kappa shape index (κ3) is 2.64. The summed E-state index contributed by atoms with van der Waals surface area (Å²) in [6.07, 6.45) is 2.29. The quantitative estimate of drug-likeness (QED) is 0.788. The van der Waals surface area contributed by atoms with Crippen molar-refractivity contribution in [1.82, 2.24) is 4.98 Å². The van der Waals surface area contributed by atoms with E-state index in [2.05, 4.69) is 11.9 Å². The van der Waals surface area contributed by atoms with Crippen LogP contribution in [0.5, 0.6) is 0 Å². The van der Waals surface area contributed by atoms with Gasteiger partial charge in [0.1, 0.15) is 5.82 Å². The normalized spacial score (nSPS) is 24.8. The van der Waals surface area contributed by atoms with Gasteiger partial charge in [-0.1, -0.05) is 6.92 Å². The minimum absolute atomic E-state index is 0.0413. The fourth-order valence-corrected chi connectivity index (χ4v) is 2.07. The summed E-state index contributed by atoms with van der Waals surface area (Å²) in [4.78, 5) is 17.6. The molecule has 1 aliphatic heterocycles. The summed E-state index contributed by atoms with van der Waals surface area (Å²) in [7, 11) is 0. The van der Waals surface area contributed by atoms with Gasteiger partial charge in [-0.2, -0.15) is 0 Å². The number of hydrogen-bond acceptors (Lipinski definition) is 4. The first kappa shape index (κ1) is 12.0. The molecule has 0 saturated carbocycles. The third-order valence-electron chi connectivity index (χ3n) is 3.39. The fraction of sp³-hybridized carbons (Fsp3) is 0.538. The minimum atomic E-state index is -0.313. The maximum absolute atomic E-state index is 11.3. The second-order valence-corrected chi connectivity index (χ2v) is 4.74. The van der Waals surface area contributed by atoms with Crippen LogP contribution in [0.15, 0.2) is 18.3 Å². The Labute approximate surface area is 101 Å². The zero-order valence-electron chi connectivity index (χ0n) is 10.3. The van der Waals surface area contributed by atoms with Crippen molar-refractivity contribution in [2.75, 3.05) is 18.0 Å². The van der Waals surface area contributed by atoms with E-state index in [1.54, 1.807) is 25.3 Å². The molecule has 0 bridgehead atoms. The van der Waals surface area contributed by atoms with E-state index in [0.29, 0.717) is 18.0 Å². The van der Waals surface area contributed by atoms with Gasteiger partial charge < -0.3 is 10.0 Å². The van der Waals surface area contributed by atoms with Crippen LogP contribution in [0.3, 0.4) is 0 Å². The molecule has 17 heavy (non-hydrogen) atoms. The molecule has 1 aromatic heterocycles. The summed E-state index contributed by atoms with van der Waals surface area (Å²) in [5.41, 5.74) is 0.670. The highest BCUT2D eigenvalue weighted by atomic mass is 16.3. The van der Waals surface area contributed by atoms with Gasteiger partial charge in [-0.3, -0.25) is 4.79 Å². The van der Waals surface area contributed by atoms with Crippen LogP contribution in [0.25, 0.3) is 0 Å². The lowest BCUT2D eigenvalue weighted by Gasteiger charge is -2.35. The van der Waals surface area contributed by atoms with Crippen molar-refractivity contribution >= 4 is 11.6 Å². The number of nitrogens with zero attached hydrogens (tertiary/aromatic N) is 2. The highest BCUT2D eigenvalue weighted by Gasteiger charge is 2.25. The van der Waals surface area contributed by atoms with E-state index in [4.69, 9.17) is 0 Å². The third-order valence-corrected chi connectivity index (χ3v) is 3.39. The minimum Gasteiger partial charge on any atom is -0.391 e. The van der Waals surface area contributed by atoms with Crippen molar-refractivity contribution in [2.45, 2.75) is 26.4 Å². The molecule has 2 heterocycles. The topological polar surface area (TPSA) is 53.4 Å². The van der Waals surface area contributed by atoms with Crippen molar-refractivity contribution in [1.29, 1.82) is 0 Å². The number of carbonyl (C=O) groups is 1. The smallest absolute Gasteiger partial charge is 0.159 e. The standard InChI is InChI=1S/C13H18N2O2/c1-9-4-6-15(8-12(9)17)13-7-11(10(2)16)3-5-14-13/h3,5,7,9,12,17H,4,6,8H2,1-2H3. The molecule has 2 unspecified atom stereocenters. The molecule has 1 aromatic rings. The zero-order chi connectivity index (χ0) is 12.4. The van der Waals surface area contributed by atoms with Crippen LogP contribution in [-0.2, 0) is 0 Å². The Balaban J connectivity index is 2.17. The van der Waals surface area contributed by atoms with Crippen LogP contribution < -0.4 is 4.90 Å². The number of ketones is 1. The lowest BCUT2D eigenvalue weighted by Crippen LogP contribution is -2.43. The average molecular weight is 234 g/mol. The van der Waals surface area contributed by atoms with E-state index >= 15 is 0 Å². The van der Waals surface area contributed by atoms with E-state index in [1.165, 1.54) is 0 Å². The van der Waals surface area contributed by atoms with Crippen molar-refractivity contribution in [3.8, 4) is 0 Å². The van der Waals surface area contributed by atoms with Gasteiger partial charge in [-0.05, 0) is 31.4 Å². The van der Waals surface area contributed by atoms with Crippen LogP contribution in [0.4, 0.5) is 5.82 Å². The molecule has 0 aliphatic carbocycles. The second kappa shape index (κ2) is 4.84. The first-order chi connectivity index (χ1) is 8.08. The molecule has 1 fully saturated rings. The lowest BCUT2D eigenvalue weighted by molar-refractivity contribution is 0.101. The number of hydrogen-bond donors (Lipinski definition) is 1. The maximum Gasteiger partial charge on any atom is 0.159 e. The zero-order valence-corrected chi connectivity index (χ0v) is 10.3. The highest BCUT2D eigenvalue weighted by Crippen LogP contribution is 2.22. The van der Waals surface area contributed by atoms with Crippen molar-refractivity contribution in [2.24, 2.45) is 5.92 Å². The second-order valence-electron chi connectivity index (χ2n) is 4.74. The number of carbonyl (C=O) groups excluding carboxylic acids is 1. The van der Waals surface area contributed by atoms with Gasteiger partial charge in [-0.15, -0.1) is 0 Å². The summed E-state index contributed by atoms with van der Waals surface area (Å²) < 4.78 is 0. The van der Waals surface area contributed by atoms with Gasteiger partial charge in [0.2, 0.25) is 0 Å². The van der Waals surface area contributed by atoms with Crippen LogP contribution in [0.1, 0.15) is 30.6 Å². The number of aromatic nitrogens is 1. The van der Waals surface area contributed by atoms with E-state index in [-0.39, 0.29) is 11.9 Å². The maximum atomic E-state index is 11.3. The van der Waals surface area contributed by atoms with Crippen molar-refractivity contribution < 1.29 is 9.90 Å². The van der Waals surface area contributed by atoms with Crippen LogP contribution >= 0.6 is 0 Å². The molecule has 4 heteroatoms. The molecule has 92 valence electrons. The Morgan fingerprint density at radius 1 is 1.59 bits per heavy atom. The Bertz CT molecular complexity index is 420. The first-order valence-corrected chi connectivity index (χ1v) is 5.98. The monoisotopic (exact) mass is 234 g/mol. The molecule has 0 spiro atoms. The largest absolute Gasteiger partial charge is 0.391 e. The predicted octanol–water partition coefficient (Wildman–Crippen LogP) is 1.49. The Morgan fingerprint density at radius 3 is 3.00 bits per heavy atom. The van der Waals surface area contributed by atoms with E-state index in [9.17, 15) is 9.90 Å². The summed E-state index contributed by atoms with van der Waals surface area (Å²) in [5.74, 6) is 1.16. The van der Waals surface area contributed by atoms with Crippen molar-refractivity contribution in [3.63, 3.8) is 0 Å². The van der Waals surface area contributed by atoms with E-state index < -0.39 is 0 Å². The number of rotatable bonds is 2. The molecule has 1 aliphatic rings. The number of aliphatic hydroxyl groups excluding tert-OH is 1. The molecule has 0 radical (unpaired) electrons. The number of aliphatic hydroxyl groups is 1. The average Bonchev–Trinajstić information content (AvgIpc) is 2.33. The van der Waals surface area contributed by atoms with Crippen molar-refractivity contribution in [3.05, 3.63) is 23.9 Å². The number of anilines is 1. The van der Waals surface area contributed by atoms with Gasteiger partial charge in [0.05, 0.1) is 6.10 Å². The molecule has 2 atom stereocenters. The van der Waals surface area contributed by atoms with Gasteiger partial charge in [0.25, 0.3) is 0 Å². The highest BCUT2D eigenvalue weighted by molar-refractivity contribution is 5.94. The molecular formula is C13H18N2O2. The summed E-state index contributed by atoms with van der Waals surface area (Å²) >= 11 is 0. The molecule has 0 amide bonds. The Hall–Kier alpha value is -1.42. The van der Waals surface area contributed by atoms with E-state index in [0.717, 1.165) is 18.8 Å². The number of β-amino-alcohol motifs (C(OH)–C–C–N with tert-alkyl or cyclic N) is 1.